The second-order valence-corrected chi connectivity index (χ2v) is 5.95. The first-order chi connectivity index (χ1) is 11.7. The van der Waals surface area contributed by atoms with Crippen LogP contribution in [-0.2, 0) is 0 Å². The molecule has 2 aromatic heterocycles. The third kappa shape index (κ3) is 2.65. The molecule has 2 heterocycles. The molecular formula is C21H17N3. The lowest BCUT2D eigenvalue weighted by atomic mass is 10.0. The van der Waals surface area contributed by atoms with Gasteiger partial charge in [-0.3, -0.25) is 0 Å². The highest BCUT2D eigenvalue weighted by molar-refractivity contribution is 5.93. The molecule has 0 aliphatic carbocycles. The van der Waals surface area contributed by atoms with Crippen LogP contribution in [0.15, 0.2) is 66.7 Å². The average Bonchev–Trinajstić information content (AvgIpc) is 2.61. The number of hydrogen-bond donors (Lipinski definition) is 0. The van der Waals surface area contributed by atoms with Crippen LogP contribution in [0, 0.1) is 13.8 Å². The number of fused-ring (bicyclic) bond motifs is 1. The van der Waals surface area contributed by atoms with Crippen LogP contribution in [-0.4, -0.2) is 15.0 Å². The second kappa shape index (κ2) is 5.85. The summed E-state index contributed by atoms with van der Waals surface area (Å²) in [5.74, 6) is 0.663. The molecule has 0 saturated carbocycles. The Morgan fingerprint density at radius 1 is 0.708 bits per heavy atom. The number of pyridine rings is 1. The van der Waals surface area contributed by atoms with Gasteiger partial charge in [0.1, 0.15) is 5.69 Å². The van der Waals surface area contributed by atoms with E-state index in [4.69, 9.17) is 9.97 Å². The summed E-state index contributed by atoms with van der Waals surface area (Å²) in [6.45, 7) is 4.06. The fourth-order valence-corrected chi connectivity index (χ4v) is 2.84. The van der Waals surface area contributed by atoms with Crippen LogP contribution >= 0.6 is 0 Å². The number of aryl methyl sites for hydroxylation is 2. The van der Waals surface area contributed by atoms with Crippen molar-refractivity contribution in [3.63, 3.8) is 0 Å². The van der Waals surface area contributed by atoms with Crippen LogP contribution in [0.3, 0.4) is 0 Å². The molecule has 0 spiro atoms. The van der Waals surface area contributed by atoms with Crippen molar-refractivity contribution in [2.24, 2.45) is 0 Å². The summed E-state index contributed by atoms with van der Waals surface area (Å²) in [7, 11) is 0. The standard InChI is InChI=1S/C21H17N3/c1-14-11-12-17-19(13-14)23-21(18-10-6-7-15(2)22-18)24-20(17)16-8-4-3-5-9-16/h3-13H,1-2H3. The molecule has 0 bridgehead atoms. The summed E-state index contributed by atoms with van der Waals surface area (Å²) in [6, 6.07) is 22.5. The van der Waals surface area contributed by atoms with Gasteiger partial charge in [0, 0.05) is 16.6 Å². The molecule has 0 radical (unpaired) electrons. The first-order valence-electron chi connectivity index (χ1n) is 7.98. The number of aromatic nitrogens is 3. The van der Waals surface area contributed by atoms with Gasteiger partial charge in [-0.05, 0) is 37.6 Å². The Hall–Kier alpha value is -3.07. The van der Waals surface area contributed by atoms with Crippen LogP contribution < -0.4 is 0 Å². The SMILES string of the molecule is Cc1ccc2c(-c3ccccc3)nc(-c3cccc(C)n3)nc2c1. The van der Waals surface area contributed by atoms with E-state index in [0.29, 0.717) is 5.82 Å². The largest absolute Gasteiger partial charge is 0.250 e. The van der Waals surface area contributed by atoms with E-state index in [0.717, 1.165) is 33.5 Å². The monoisotopic (exact) mass is 311 g/mol. The molecule has 2 aromatic carbocycles. The number of hydrogen-bond acceptors (Lipinski definition) is 3. The van der Waals surface area contributed by atoms with E-state index in [-0.39, 0.29) is 0 Å². The van der Waals surface area contributed by atoms with Gasteiger partial charge in [-0.1, -0.05) is 48.5 Å². The molecule has 24 heavy (non-hydrogen) atoms. The highest BCUT2D eigenvalue weighted by atomic mass is 14.9. The molecule has 0 N–H and O–H groups in total. The van der Waals surface area contributed by atoms with Crippen LogP contribution in [0.25, 0.3) is 33.7 Å². The van der Waals surface area contributed by atoms with E-state index < -0.39 is 0 Å². The van der Waals surface area contributed by atoms with Gasteiger partial charge in [0.05, 0.1) is 11.2 Å². The minimum absolute atomic E-state index is 0.663. The van der Waals surface area contributed by atoms with E-state index in [9.17, 15) is 0 Å². The van der Waals surface area contributed by atoms with Gasteiger partial charge in [0.15, 0.2) is 5.82 Å². The van der Waals surface area contributed by atoms with Gasteiger partial charge in [-0.2, -0.15) is 0 Å². The first-order valence-corrected chi connectivity index (χ1v) is 7.98. The third-order valence-electron chi connectivity index (χ3n) is 4.02. The molecule has 0 atom stereocenters. The van der Waals surface area contributed by atoms with E-state index in [1.807, 2.05) is 43.3 Å². The summed E-state index contributed by atoms with van der Waals surface area (Å²) in [5, 5.41) is 1.06. The normalized spacial score (nSPS) is 10.9. The highest BCUT2D eigenvalue weighted by Crippen LogP contribution is 2.29. The zero-order valence-corrected chi connectivity index (χ0v) is 13.7. The maximum atomic E-state index is 4.84. The molecule has 4 rings (SSSR count). The third-order valence-corrected chi connectivity index (χ3v) is 4.02. The molecule has 0 amide bonds. The van der Waals surface area contributed by atoms with Crippen molar-refractivity contribution in [1.29, 1.82) is 0 Å². The summed E-state index contributed by atoms with van der Waals surface area (Å²) in [4.78, 5) is 14.2. The van der Waals surface area contributed by atoms with Crippen molar-refractivity contribution in [1.82, 2.24) is 15.0 Å². The number of benzene rings is 2. The zero-order valence-electron chi connectivity index (χ0n) is 13.7. The van der Waals surface area contributed by atoms with E-state index in [1.54, 1.807) is 0 Å². The van der Waals surface area contributed by atoms with Crippen LogP contribution in [0.2, 0.25) is 0 Å². The Balaban J connectivity index is 2.03. The molecule has 0 aliphatic heterocycles. The minimum atomic E-state index is 0.663. The molecule has 3 heteroatoms. The predicted molar refractivity (Wildman–Crippen MR) is 97.7 cm³/mol. The minimum Gasteiger partial charge on any atom is -0.250 e. The topological polar surface area (TPSA) is 38.7 Å². The van der Waals surface area contributed by atoms with Crippen molar-refractivity contribution < 1.29 is 0 Å². The van der Waals surface area contributed by atoms with E-state index >= 15 is 0 Å². The van der Waals surface area contributed by atoms with E-state index in [2.05, 4.69) is 42.2 Å². The summed E-state index contributed by atoms with van der Waals surface area (Å²) >= 11 is 0. The lowest BCUT2D eigenvalue weighted by Gasteiger charge is -2.10. The smallest absolute Gasteiger partial charge is 0.179 e. The van der Waals surface area contributed by atoms with Crippen molar-refractivity contribution >= 4 is 10.9 Å². The lowest BCUT2D eigenvalue weighted by molar-refractivity contribution is 1.14. The van der Waals surface area contributed by atoms with Crippen molar-refractivity contribution in [2.45, 2.75) is 13.8 Å². The summed E-state index contributed by atoms with van der Waals surface area (Å²) in [5.41, 5.74) is 5.92. The molecule has 116 valence electrons. The Morgan fingerprint density at radius 3 is 2.33 bits per heavy atom. The highest BCUT2D eigenvalue weighted by Gasteiger charge is 2.12. The first kappa shape index (κ1) is 14.5. The lowest BCUT2D eigenvalue weighted by Crippen LogP contribution is -1.97. The fourth-order valence-electron chi connectivity index (χ4n) is 2.84. The zero-order chi connectivity index (χ0) is 16.5. The molecule has 4 aromatic rings. The Kier molecular flexibility index (Phi) is 3.54. The predicted octanol–water partition coefficient (Wildman–Crippen LogP) is 4.98. The quantitative estimate of drug-likeness (QED) is 0.524. The number of nitrogens with zero attached hydrogens (tertiary/aromatic N) is 3. The van der Waals surface area contributed by atoms with Gasteiger partial charge in [0.2, 0.25) is 0 Å². The molecular weight excluding hydrogens is 294 g/mol. The van der Waals surface area contributed by atoms with Gasteiger partial charge in [0.25, 0.3) is 0 Å². The maximum absolute atomic E-state index is 4.84. The average molecular weight is 311 g/mol. The van der Waals surface area contributed by atoms with Crippen LogP contribution in [0.5, 0.6) is 0 Å². The van der Waals surface area contributed by atoms with Crippen LogP contribution in [0.1, 0.15) is 11.3 Å². The molecule has 0 aliphatic rings. The molecule has 3 nitrogen and oxygen atoms in total. The summed E-state index contributed by atoms with van der Waals surface area (Å²) < 4.78 is 0. The molecule has 0 fully saturated rings. The van der Waals surface area contributed by atoms with Crippen molar-refractivity contribution in [3.05, 3.63) is 78.0 Å². The maximum Gasteiger partial charge on any atom is 0.179 e. The van der Waals surface area contributed by atoms with E-state index in [1.165, 1.54) is 5.56 Å². The van der Waals surface area contributed by atoms with Gasteiger partial charge in [-0.15, -0.1) is 0 Å². The summed E-state index contributed by atoms with van der Waals surface area (Å²) in [6.07, 6.45) is 0. The van der Waals surface area contributed by atoms with Gasteiger partial charge >= 0.3 is 0 Å². The van der Waals surface area contributed by atoms with Gasteiger partial charge < -0.3 is 0 Å². The Morgan fingerprint density at radius 2 is 1.54 bits per heavy atom. The second-order valence-electron chi connectivity index (χ2n) is 5.95. The Labute approximate surface area is 141 Å². The van der Waals surface area contributed by atoms with Crippen molar-refractivity contribution in [3.8, 4) is 22.8 Å². The molecule has 0 unspecified atom stereocenters. The Bertz CT molecular complexity index is 1020. The number of rotatable bonds is 2. The fraction of sp³-hybridized carbons (Fsp3) is 0.0952. The molecule has 0 saturated heterocycles. The van der Waals surface area contributed by atoms with Gasteiger partial charge in [-0.25, -0.2) is 15.0 Å². The van der Waals surface area contributed by atoms with Crippen molar-refractivity contribution in [2.75, 3.05) is 0 Å². The van der Waals surface area contributed by atoms with Crippen LogP contribution in [0.4, 0.5) is 0 Å².